The van der Waals surface area contributed by atoms with Crippen molar-refractivity contribution in [1.82, 2.24) is 20.0 Å². The number of carbonyl (C=O) groups excluding carboxylic acids is 1. The molecule has 154 valence electrons. The first-order valence-electron chi connectivity index (χ1n) is 10.6. The van der Waals surface area contributed by atoms with E-state index in [9.17, 15) is 4.79 Å². The maximum absolute atomic E-state index is 12.6. The summed E-state index contributed by atoms with van der Waals surface area (Å²) in [6.45, 7) is 10.5. The highest BCUT2D eigenvalue weighted by Crippen LogP contribution is 2.14. The van der Waals surface area contributed by atoms with Crippen LogP contribution in [0.2, 0.25) is 0 Å². The van der Waals surface area contributed by atoms with E-state index < -0.39 is 0 Å². The van der Waals surface area contributed by atoms with Crippen molar-refractivity contribution >= 4 is 11.9 Å². The third-order valence-corrected chi connectivity index (χ3v) is 5.97. The van der Waals surface area contributed by atoms with Crippen molar-refractivity contribution in [3.8, 4) is 0 Å². The number of nitrogens with one attached hydrogen (secondary N) is 1. The van der Waals surface area contributed by atoms with Crippen LogP contribution in [0, 0.1) is 6.92 Å². The quantitative estimate of drug-likeness (QED) is 0.620. The molecule has 0 bridgehead atoms. The fraction of sp³-hybridized carbons (Fsp3) is 0.636. The van der Waals surface area contributed by atoms with Crippen LogP contribution in [0.3, 0.4) is 0 Å². The Hall–Kier alpha value is -2.08. The Bertz CT molecular complexity index is 658. The molecule has 2 heterocycles. The van der Waals surface area contributed by atoms with Gasteiger partial charge in [0.05, 0.1) is 6.04 Å². The molecular formula is C22H35N5O. The van der Waals surface area contributed by atoms with Crippen molar-refractivity contribution in [1.29, 1.82) is 0 Å². The molecule has 0 aromatic heterocycles. The van der Waals surface area contributed by atoms with Gasteiger partial charge in [-0.2, -0.15) is 0 Å². The van der Waals surface area contributed by atoms with Gasteiger partial charge in [-0.05, 0) is 38.7 Å². The molecule has 1 atom stereocenters. The van der Waals surface area contributed by atoms with E-state index in [-0.39, 0.29) is 6.04 Å². The first-order chi connectivity index (χ1) is 13.6. The molecule has 0 spiro atoms. The Morgan fingerprint density at radius 1 is 1.04 bits per heavy atom. The lowest BCUT2D eigenvalue weighted by atomic mass is 10.1. The van der Waals surface area contributed by atoms with Crippen LogP contribution in [0.4, 0.5) is 0 Å². The second-order valence-corrected chi connectivity index (χ2v) is 7.94. The summed E-state index contributed by atoms with van der Waals surface area (Å²) in [5.41, 5.74) is 2.63. The minimum Gasteiger partial charge on any atom is -0.356 e. The van der Waals surface area contributed by atoms with Crippen molar-refractivity contribution < 1.29 is 4.79 Å². The zero-order valence-corrected chi connectivity index (χ0v) is 17.7. The number of aliphatic imine (C=N–C) groups is 1. The topological polar surface area (TPSA) is 51.2 Å². The van der Waals surface area contributed by atoms with E-state index >= 15 is 0 Å². The van der Waals surface area contributed by atoms with Crippen LogP contribution in [-0.4, -0.2) is 85.5 Å². The van der Waals surface area contributed by atoms with E-state index in [0.717, 1.165) is 71.0 Å². The second-order valence-electron chi connectivity index (χ2n) is 7.94. The third kappa shape index (κ3) is 5.25. The smallest absolute Gasteiger partial charge is 0.239 e. The molecule has 1 amide bonds. The number of hydrogen-bond acceptors (Lipinski definition) is 3. The molecule has 2 fully saturated rings. The van der Waals surface area contributed by atoms with Gasteiger partial charge in [-0.3, -0.25) is 14.7 Å². The van der Waals surface area contributed by atoms with E-state index in [1.807, 2.05) is 11.9 Å². The molecule has 1 N–H and O–H groups in total. The van der Waals surface area contributed by atoms with Gasteiger partial charge in [0.1, 0.15) is 0 Å². The summed E-state index contributed by atoms with van der Waals surface area (Å²) in [6, 6.07) is 8.69. The van der Waals surface area contributed by atoms with Gasteiger partial charge in [-0.1, -0.05) is 29.8 Å². The van der Waals surface area contributed by atoms with Gasteiger partial charge in [0.25, 0.3) is 0 Å². The molecular weight excluding hydrogens is 350 g/mol. The van der Waals surface area contributed by atoms with Gasteiger partial charge >= 0.3 is 0 Å². The van der Waals surface area contributed by atoms with Crippen LogP contribution in [0.1, 0.15) is 30.9 Å². The number of carbonyl (C=O) groups is 1. The molecule has 2 saturated heterocycles. The van der Waals surface area contributed by atoms with Crippen LogP contribution in [0.15, 0.2) is 29.3 Å². The fourth-order valence-corrected chi connectivity index (χ4v) is 4.08. The molecule has 1 aromatic carbocycles. The van der Waals surface area contributed by atoms with Gasteiger partial charge in [0.15, 0.2) is 5.96 Å². The highest BCUT2D eigenvalue weighted by molar-refractivity contribution is 5.82. The summed E-state index contributed by atoms with van der Waals surface area (Å²) < 4.78 is 0. The zero-order valence-electron chi connectivity index (χ0n) is 17.7. The van der Waals surface area contributed by atoms with Gasteiger partial charge in [-0.15, -0.1) is 0 Å². The summed E-state index contributed by atoms with van der Waals surface area (Å²) in [5.74, 6) is 1.26. The van der Waals surface area contributed by atoms with Crippen LogP contribution >= 0.6 is 0 Å². The Morgan fingerprint density at radius 3 is 2.29 bits per heavy atom. The minimum absolute atomic E-state index is 0.0169. The van der Waals surface area contributed by atoms with Gasteiger partial charge in [0, 0.05) is 52.9 Å². The van der Waals surface area contributed by atoms with E-state index in [1.165, 1.54) is 11.1 Å². The largest absolute Gasteiger partial charge is 0.356 e. The predicted octanol–water partition coefficient (Wildman–Crippen LogP) is 1.74. The summed E-state index contributed by atoms with van der Waals surface area (Å²) in [5, 5.41) is 3.50. The number of hydrogen-bond donors (Lipinski definition) is 1. The van der Waals surface area contributed by atoms with Crippen molar-refractivity contribution in [2.24, 2.45) is 4.99 Å². The fourth-order valence-electron chi connectivity index (χ4n) is 4.08. The predicted molar refractivity (Wildman–Crippen MR) is 115 cm³/mol. The molecule has 28 heavy (non-hydrogen) atoms. The minimum atomic E-state index is -0.0169. The maximum atomic E-state index is 12.6. The second kappa shape index (κ2) is 9.92. The lowest BCUT2D eigenvalue weighted by molar-refractivity contribution is -0.135. The van der Waals surface area contributed by atoms with Crippen LogP contribution in [0.25, 0.3) is 0 Å². The Morgan fingerprint density at radius 2 is 1.68 bits per heavy atom. The number of aryl methyl sites for hydroxylation is 1. The molecule has 2 aliphatic rings. The lowest BCUT2D eigenvalue weighted by Crippen LogP contribution is -2.57. The van der Waals surface area contributed by atoms with E-state index in [1.54, 1.807) is 0 Å². The molecule has 0 radical (unpaired) electrons. The first kappa shape index (κ1) is 20.6. The molecule has 1 aromatic rings. The maximum Gasteiger partial charge on any atom is 0.239 e. The highest BCUT2D eigenvalue weighted by atomic mass is 16.2. The van der Waals surface area contributed by atoms with E-state index in [2.05, 4.69) is 58.2 Å². The Kier molecular flexibility index (Phi) is 7.31. The summed E-state index contributed by atoms with van der Waals surface area (Å²) in [6.07, 6.45) is 3.29. The molecule has 0 aliphatic carbocycles. The average molecular weight is 386 g/mol. The highest BCUT2D eigenvalue weighted by Gasteiger charge is 2.30. The molecule has 6 heteroatoms. The average Bonchev–Trinajstić information content (AvgIpc) is 3.26. The van der Waals surface area contributed by atoms with Crippen LogP contribution < -0.4 is 5.32 Å². The number of piperazine rings is 1. The SMILES string of the molecule is CN=C(NCCc1ccc(C)cc1)N1CCN(C(C)C(=O)N2CCCC2)CC1. The summed E-state index contributed by atoms with van der Waals surface area (Å²) in [7, 11) is 1.85. The van der Waals surface area contributed by atoms with E-state index in [4.69, 9.17) is 0 Å². The van der Waals surface area contributed by atoms with E-state index in [0.29, 0.717) is 5.91 Å². The number of guanidine groups is 1. The molecule has 1 unspecified atom stereocenters. The number of amides is 1. The zero-order chi connectivity index (χ0) is 19.9. The normalized spacial score (nSPS) is 19.8. The van der Waals surface area contributed by atoms with Crippen molar-refractivity contribution in [2.75, 3.05) is 52.9 Å². The molecule has 2 aliphatic heterocycles. The monoisotopic (exact) mass is 385 g/mol. The summed E-state index contributed by atoms with van der Waals surface area (Å²) >= 11 is 0. The molecule has 6 nitrogen and oxygen atoms in total. The van der Waals surface area contributed by atoms with Crippen LogP contribution in [0.5, 0.6) is 0 Å². The molecule has 0 saturated carbocycles. The van der Waals surface area contributed by atoms with Crippen molar-refractivity contribution in [3.63, 3.8) is 0 Å². The Balaban J connectivity index is 1.43. The third-order valence-electron chi connectivity index (χ3n) is 5.97. The molecule has 3 rings (SSSR count). The summed E-state index contributed by atoms with van der Waals surface area (Å²) in [4.78, 5) is 23.8. The van der Waals surface area contributed by atoms with Gasteiger partial charge in [0.2, 0.25) is 5.91 Å². The number of likely N-dealkylation sites (tertiary alicyclic amines) is 1. The van der Waals surface area contributed by atoms with Gasteiger partial charge in [-0.25, -0.2) is 0 Å². The number of rotatable bonds is 5. The van der Waals surface area contributed by atoms with Gasteiger partial charge < -0.3 is 15.1 Å². The number of nitrogens with zero attached hydrogens (tertiary/aromatic N) is 4. The Labute approximate surface area is 169 Å². The van der Waals surface area contributed by atoms with Crippen LogP contribution in [-0.2, 0) is 11.2 Å². The van der Waals surface area contributed by atoms with Crippen molar-refractivity contribution in [3.05, 3.63) is 35.4 Å². The van der Waals surface area contributed by atoms with Crippen molar-refractivity contribution in [2.45, 2.75) is 39.2 Å². The standard InChI is InChI=1S/C22H35N5O/c1-18-6-8-20(9-7-18)10-11-24-22(23-3)27-16-14-25(15-17-27)19(2)21(28)26-12-4-5-13-26/h6-9,19H,4-5,10-17H2,1-3H3,(H,23,24). The lowest BCUT2D eigenvalue weighted by Gasteiger charge is -2.39. The first-order valence-corrected chi connectivity index (χ1v) is 10.6. The number of benzene rings is 1.